The van der Waals surface area contributed by atoms with Gasteiger partial charge in [-0.15, -0.1) is 0 Å². The van der Waals surface area contributed by atoms with Gasteiger partial charge in [0.2, 0.25) is 10.0 Å². The van der Waals surface area contributed by atoms with Crippen LogP contribution in [0.5, 0.6) is 0 Å². The van der Waals surface area contributed by atoms with Crippen LogP contribution in [0, 0.1) is 0 Å². The fraction of sp³-hybridized carbons (Fsp3) is 0.400. The highest BCUT2D eigenvalue weighted by Crippen LogP contribution is 2.24. The maximum Gasteiger partial charge on any atom is 0.240 e. The average molecular weight is 293 g/mol. The van der Waals surface area contributed by atoms with Gasteiger partial charge < -0.3 is 5.73 Å². The molecule has 7 heteroatoms. The van der Waals surface area contributed by atoms with Crippen LogP contribution in [0.15, 0.2) is 23.1 Å². The highest BCUT2D eigenvalue weighted by Gasteiger charge is 2.23. The monoisotopic (exact) mass is 292 g/mol. The fourth-order valence-corrected chi connectivity index (χ4v) is 4.39. The summed E-state index contributed by atoms with van der Waals surface area (Å²) in [5, 5.41) is 0.258. The van der Waals surface area contributed by atoms with E-state index in [2.05, 4.69) is 4.72 Å². The molecule has 0 radical (unpaired) electrons. The van der Waals surface area contributed by atoms with Crippen molar-refractivity contribution < 1.29 is 8.42 Å². The van der Waals surface area contributed by atoms with Crippen molar-refractivity contribution in [2.45, 2.75) is 17.4 Å². The summed E-state index contributed by atoms with van der Waals surface area (Å²) in [6.45, 7) is 0. The third kappa shape index (κ3) is 3.07. The van der Waals surface area contributed by atoms with Crippen LogP contribution in [0.4, 0.5) is 5.69 Å². The maximum absolute atomic E-state index is 12.0. The lowest BCUT2D eigenvalue weighted by Gasteiger charge is -2.12. The minimum atomic E-state index is -3.49. The van der Waals surface area contributed by atoms with Crippen molar-refractivity contribution in [3.8, 4) is 0 Å². The normalized spacial score (nSPS) is 20.6. The second-order valence-electron chi connectivity index (χ2n) is 3.87. The van der Waals surface area contributed by atoms with Crippen molar-refractivity contribution in [2.24, 2.45) is 0 Å². The number of sulfonamides is 1. The van der Waals surface area contributed by atoms with Gasteiger partial charge in [-0.05, 0) is 30.4 Å². The molecular weight excluding hydrogens is 280 g/mol. The number of benzene rings is 1. The molecule has 0 aromatic heterocycles. The van der Waals surface area contributed by atoms with E-state index in [9.17, 15) is 8.42 Å². The molecule has 1 aromatic carbocycles. The topological polar surface area (TPSA) is 72.2 Å². The van der Waals surface area contributed by atoms with E-state index in [4.69, 9.17) is 17.3 Å². The summed E-state index contributed by atoms with van der Waals surface area (Å²) in [7, 11) is -3.49. The molecule has 0 bridgehead atoms. The summed E-state index contributed by atoms with van der Waals surface area (Å²) in [6.07, 6.45) is 0.868. The van der Waals surface area contributed by atoms with E-state index >= 15 is 0 Å². The molecule has 1 saturated heterocycles. The predicted molar refractivity (Wildman–Crippen MR) is 71.9 cm³/mol. The third-order valence-corrected chi connectivity index (χ3v) is 5.54. The Bertz CT molecular complexity index is 513. The van der Waals surface area contributed by atoms with E-state index in [1.165, 1.54) is 18.2 Å². The zero-order chi connectivity index (χ0) is 12.5. The van der Waals surface area contributed by atoms with E-state index in [0.717, 1.165) is 17.9 Å². The Hall–Kier alpha value is -0.430. The molecule has 1 atom stereocenters. The molecule has 1 aliphatic heterocycles. The van der Waals surface area contributed by atoms with Crippen molar-refractivity contribution in [1.29, 1.82) is 0 Å². The van der Waals surface area contributed by atoms with Crippen LogP contribution in [0.1, 0.15) is 6.42 Å². The first-order valence-electron chi connectivity index (χ1n) is 5.14. The van der Waals surface area contributed by atoms with Crippen molar-refractivity contribution in [3.05, 3.63) is 23.2 Å². The minimum Gasteiger partial charge on any atom is -0.398 e. The maximum atomic E-state index is 12.0. The molecule has 1 heterocycles. The molecule has 0 saturated carbocycles. The number of rotatable bonds is 3. The number of hydrogen-bond acceptors (Lipinski definition) is 4. The van der Waals surface area contributed by atoms with Crippen molar-refractivity contribution >= 4 is 39.1 Å². The summed E-state index contributed by atoms with van der Waals surface area (Å²) < 4.78 is 26.7. The molecule has 17 heavy (non-hydrogen) atoms. The molecular formula is C10H13ClN2O2S2. The van der Waals surface area contributed by atoms with Crippen LogP contribution in [0.25, 0.3) is 0 Å². The van der Waals surface area contributed by atoms with E-state index in [1.807, 2.05) is 0 Å². The van der Waals surface area contributed by atoms with E-state index < -0.39 is 10.0 Å². The molecule has 0 amide bonds. The minimum absolute atomic E-state index is 0.0151. The van der Waals surface area contributed by atoms with Crippen molar-refractivity contribution in [3.63, 3.8) is 0 Å². The molecule has 0 aliphatic carbocycles. The Morgan fingerprint density at radius 3 is 2.82 bits per heavy atom. The van der Waals surface area contributed by atoms with Crippen LogP contribution >= 0.6 is 23.4 Å². The fourth-order valence-electron chi connectivity index (χ4n) is 1.59. The number of halogens is 1. The molecule has 2 rings (SSSR count). The SMILES string of the molecule is Nc1ccc(S(=O)(=O)NC2CCSC2)cc1Cl. The Morgan fingerprint density at radius 1 is 1.47 bits per heavy atom. The first kappa shape index (κ1) is 13.0. The van der Waals surface area contributed by atoms with Crippen molar-refractivity contribution in [2.75, 3.05) is 17.2 Å². The first-order valence-corrected chi connectivity index (χ1v) is 8.16. The highest BCUT2D eigenvalue weighted by atomic mass is 35.5. The molecule has 94 valence electrons. The van der Waals surface area contributed by atoms with Gasteiger partial charge in [0.15, 0.2) is 0 Å². The molecule has 1 aromatic rings. The molecule has 1 fully saturated rings. The lowest BCUT2D eigenvalue weighted by molar-refractivity contribution is 0.563. The predicted octanol–water partition coefficient (Wildman–Crippen LogP) is 1.71. The molecule has 1 aliphatic rings. The lowest BCUT2D eigenvalue weighted by Crippen LogP contribution is -2.34. The van der Waals surface area contributed by atoms with Gasteiger partial charge in [0.25, 0.3) is 0 Å². The summed E-state index contributed by atoms with van der Waals surface area (Å²) in [6, 6.07) is 4.36. The Labute approximate surface area is 110 Å². The molecule has 1 unspecified atom stereocenters. The Morgan fingerprint density at radius 2 is 2.24 bits per heavy atom. The summed E-state index contributed by atoms with van der Waals surface area (Å²) in [4.78, 5) is 0.161. The van der Waals surface area contributed by atoms with Crippen LogP contribution < -0.4 is 10.5 Å². The summed E-state index contributed by atoms with van der Waals surface area (Å²) >= 11 is 7.57. The molecule has 3 N–H and O–H groups in total. The summed E-state index contributed by atoms with van der Waals surface area (Å²) in [5.41, 5.74) is 5.92. The van der Waals surface area contributed by atoms with Gasteiger partial charge in [0.1, 0.15) is 0 Å². The first-order chi connectivity index (χ1) is 7.99. The smallest absolute Gasteiger partial charge is 0.240 e. The van der Waals surface area contributed by atoms with Gasteiger partial charge in [-0.2, -0.15) is 11.8 Å². The van der Waals surface area contributed by atoms with Gasteiger partial charge in [-0.3, -0.25) is 0 Å². The number of nitrogens with one attached hydrogen (secondary N) is 1. The number of hydrogen-bond donors (Lipinski definition) is 2. The zero-order valence-corrected chi connectivity index (χ0v) is 11.4. The van der Waals surface area contributed by atoms with Crippen LogP contribution in [-0.4, -0.2) is 26.0 Å². The van der Waals surface area contributed by atoms with E-state index in [1.54, 1.807) is 11.8 Å². The lowest BCUT2D eigenvalue weighted by atomic mass is 10.3. The second kappa shape index (κ2) is 5.06. The number of thioether (sulfide) groups is 1. The van der Waals surface area contributed by atoms with E-state index in [-0.39, 0.29) is 16.0 Å². The van der Waals surface area contributed by atoms with Gasteiger partial charge in [0, 0.05) is 11.8 Å². The quantitative estimate of drug-likeness (QED) is 0.832. The van der Waals surface area contributed by atoms with Crippen LogP contribution in [-0.2, 0) is 10.0 Å². The van der Waals surface area contributed by atoms with E-state index in [0.29, 0.717) is 5.69 Å². The average Bonchev–Trinajstić information content (AvgIpc) is 2.73. The largest absolute Gasteiger partial charge is 0.398 e. The zero-order valence-electron chi connectivity index (χ0n) is 9.02. The number of nitrogen functional groups attached to an aromatic ring is 1. The molecule has 4 nitrogen and oxygen atoms in total. The van der Waals surface area contributed by atoms with Gasteiger partial charge >= 0.3 is 0 Å². The third-order valence-electron chi connectivity index (χ3n) is 2.53. The highest BCUT2D eigenvalue weighted by molar-refractivity contribution is 7.99. The second-order valence-corrected chi connectivity index (χ2v) is 7.14. The van der Waals surface area contributed by atoms with Crippen molar-refractivity contribution in [1.82, 2.24) is 4.72 Å². The Kier molecular flexibility index (Phi) is 3.87. The number of nitrogens with two attached hydrogens (primary N) is 1. The standard InChI is InChI=1S/C10H13ClN2O2S2/c11-9-5-8(1-2-10(9)12)17(14,15)13-7-3-4-16-6-7/h1-2,5,7,13H,3-4,6,12H2. The number of anilines is 1. The molecule has 0 spiro atoms. The van der Waals surface area contributed by atoms with Crippen LogP contribution in [0.2, 0.25) is 5.02 Å². The van der Waals surface area contributed by atoms with Gasteiger partial charge in [0.05, 0.1) is 15.6 Å². The van der Waals surface area contributed by atoms with Crippen LogP contribution in [0.3, 0.4) is 0 Å². The Balaban J connectivity index is 2.21. The van der Waals surface area contributed by atoms with Gasteiger partial charge in [-0.25, -0.2) is 13.1 Å². The van der Waals surface area contributed by atoms with Gasteiger partial charge in [-0.1, -0.05) is 11.6 Å². The summed E-state index contributed by atoms with van der Waals surface area (Å²) in [5.74, 6) is 1.82.